The fourth-order valence-electron chi connectivity index (χ4n) is 1.13. The first-order valence-electron chi connectivity index (χ1n) is 4.12. The minimum Gasteiger partial charge on any atom is -0.359 e. The second kappa shape index (κ2) is 3.63. The highest BCUT2D eigenvalue weighted by atomic mass is 32.1. The van der Waals surface area contributed by atoms with Crippen molar-refractivity contribution in [3.8, 4) is 10.6 Å². The van der Waals surface area contributed by atoms with Crippen molar-refractivity contribution in [3.63, 3.8) is 0 Å². The van der Waals surface area contributed by atoms with Crippen LogP contribution in [0, 0.1) is 0 Å². The molecule has 0 spiro atoms. The third kappa shape index (κ3) is 1.67. The molecular formula is C9H9N3OS. The number of thiophene rings is 1. The second-order valence-corrected chi connectivity index (χ2v) is 3.65. The summed E-state index contributed by atoms with van der Waals surface area (Å²) in [6.07, 6.45) is 0. The molecule has 2 N–H and O–H groups in total. The molecule has 0 aliphatic heterocycles. The summed E-state index contributed by atoms with van der Waals surface area (Å²) in [6, 6.07) is 5.36. The van der Waals surface area contributed by atoms with Crippen LogP contribution >= 0.6 is 11.3 Å². The van der Waals surface area contributed by atoms with Crippen LogP contribution in [0.25, 0.3) is 10.6 Å². The van der Waals surface area contributed by atoms with E-state index in [2.05, 4.69) is 15.3 Å². The van der Waals surface area contributed by atoms with Gasteiger partial charge in [0.05, 0.1) is 10.6 Å². The zero-order valence-electron chi connectivity index (χ0n) is 7.57. The molecular weight excluding hydrogens is 198 g/mol. The molecule has 0 amide bonds. The largest absolute Gasteiger partial charge is 0.359 e. The van der Waals surface area contributed by atoms with Crippen LogP contribution in [0.15, 0.2) is 28.4 Å². The summed E-state index contributed by atoms with van der Waals surface area (Å²) in [7, 11) is 1.72. The normalized spacial score (nSPS) is 10.1. The van der Waals surface area contributed by atoms with Gasteiger partial charge in [-0.3, -0.25) is 9.78 Å². The van der Waals surface area contributed by atoms with Crippen LogP contribution in [0.5, 0.6) is 0 Å². The molecule has 0 aromatic carbocycles. The molecule has 2 heterocycles. The first-order valence-corrected chi connectivity index (χ1v) is 5.00. The summed E-state index contributed by atoms with van der Waals surface area (Å²) in [4.78, 5) is 19.1. The standard InChI is InChI=1S/C9H9N3OS/c1-10-9-11-6(5-8(13)12-9)7-3-2-4-14-7/h2-5H,1H3,(H2,10,11,12,13). The molecule has 0 saturated heterocycles. The minimum absolute atomic E-state index is 0.146. The molecule has 2 aromatic heterocycles. The van der Waals surface area contributed by atoms with Crippen molar-refractivity contribution in [2.45, 2.75) is 0 Å². The zero-order chi connectivity index (χ0) is 9.97. The molecule has 0 aliphatic carbocycles. The van der Waals surface area contributed by atoms with Gasteiger partial charge in [0.1, 0.15) is 0 Å². The van der Waals surface area contributed by atoms with E-state index in [0.717, 1.165) is 4.88 Å². The number of aromatic amines is 1. The Hall–Kier alpha value is -1.62. The average molecular weight is 207 g/mol. The van der Waals surface area contributed by atoms with Gasteiger partial charge in [-0.05, 0) is 11.4 Å². The Labute approximate surface area is 84.6 Å². The third-order valence-electron chi connectivity index (χ3n) is 1.75. The number of H-pyrrole nitrogens is 1. The molecule has 4 nitrogen and oxygen atoms in total. The lowest BCUT2D eigenvalue weighted by molar-refractivity contribution is 1.12. The Morgan fingerprint density at radius 1 is 1.57 bits per heavy atom. The van der Waals surface area contributed by atoms with Crippen LogP contribution in [0.3, 0.4) is 0 Å². The fourth-order valence-corrected chi connectivity index (χ4v) is 1.81. The lowest BCUT2D eigenvalue weighted by Gasteiger charge is -2.00. The lowest BCUT2D eigenvalue weighted by atomic mass is 10.3. The quantitative estimate of drug-likeness (QED) is 0.785. The summed E-state index contributed by atoms with van der Waals surface area (Å²) in [6.45, 7) is 0. The van der Waals surface area contributed by atoms with Crippen molar-refractivity contribution in [2.24, 2.45) is 0 Å². The van der Waals surface area contributed by atoms with Crippen LogP contribution in [0.4, 0.5) is 5.95 Å². The van der Waals surface area contributed by atoms with Gasteiger partial charge in [0.25, 0.3) is 5.56 Å². The molecule has 0 radical (unpaired) electrons. The Bertz CT molecular complexity index is 475. The zero-order valence-corrected chi connectivity index (χ0v) is 8.39. The van der Waals surface area contributed by atoms with E-state index in [0.29, 0.717) is 11.6 Å². The Balaban J connectivity index is 2.54. The Morgan fingerprint density at radius 2 is 2.43 bits per heavy atom. The number of hydrogen-bond donors (Lipinski definition) is 2. The number of rotatable bonds is 2. The maximum Gasteiger partial charge on any atom is 0.252 e. The smallest absolute Gasteiger partial charge is 0.252 e. The summed E-state index contributed by atoms with van der Waals surface area (Å²) < 4.78 is 0. The van der Waals surface area contributed by atoms with E-state index in [1.165, 1.54) is 6.07 Å². The molecule has 5 heteroatoms. The van der Waals surface area contributed by atoms with E-state index in [9.17, 15) is 4.79 Å². The molecule has 0 unspecified atom stereocenters. The van der Waals surface area contributed by atoms with Gasteiger partial charge in [0.2, 0.25) is 5.95 Å². The number of aromatic nitrogens is 2. The maximum atomic E-state index is 11.2. The van der Waals surface area contributed by atoms with Crippen LogP contribution in [-0.2, 0) is 0 Å². The van der Waals surface area contributed by atoms with Gasteiger partial charge in [-0.25, -0.2) is 4.98 Å². The molecule has 0 fully saturated rings. The molecule has 0 atom stereocenters. The highest BCUT2D eigenvalue weighted by Gasteiger charge is 2.02. The summed E-state index contributed by atoms with van der Waals surface area (Å²) in [5.41, 5.74) is 0.556. The number of nitrogens with one attached hydrogen (secondary N) is 2. The first kappa shape index (κ1) is 8.96. The maximum absolute atomic E-state index is 11.2. The van der Waals surface area contributed by atoms with E-state index in [1.807, 2.05) is 17.5 Å². The molecule has 0 saturated carbocycles. The van der Waals surface area contributed by atoms with Gasteiger partial charge >= 0.3 is 0 Å². The number of nitrogens with zero attached hydrogens (tertiary/aromatic N) is 1. The fraction of sp³-hybridized carbons (Fsp3) is 0.111. The van der Waals surface area contributed by atoms with Gasteiger partial charge < -0.3 is 5.32 Å². The highest BCUT2D eigenvalue weighted by molar-refractivity contribution is 7.13. The summed E-state index contributed by atoms with van der Waals surface area (Å²) >= 11 is 1.56. The van der Waals surface area contributed by atoms with Crippen molar-refractivity contribution < 1.29 is 0 Å². The molecule has 72 valence electrons. The van der Waals surface area contributed by atoms with E-state index in [-0.39, 0.29) is 5.56 Å². The van der Waals surface area contributed by atoms with Crippen LogP contribution in [0.1, 0.15) is 0 Å². The molecule has 2 rings (SSSR count). The Morgan fingerprint density at radius 3 is 3.07 bits per heavy atom. The summed E-state index contributed by atoms with van der Waals surface area (Å²) in [5, 5.41) is 4.76. The van der Waals surface area contributed by atoms with E-state index >= 15 is 0 Å². The predicted octanol–water partition coefficient (Wildman–Crippen LogP) is 1.54. The van der Waals surface area contributed by atoms with Crippen molar-refractivity contribution in [2.75, 3.05) is 12.4 Å². The molecule has 0 aliphatic rings. The van der Waals surface area contributed by atoms with Crippen molar-refractivity contribution in [3.05, 3.63) is 33.9 Å². The molecule has 2 aromatic rings. The van der Waals surface area contributed by atoms with Gasteiger partial charge in [-0.2, -0.15) is 0 Å². The van der Waals surface area contributed by atoms with E-state index in [4.69, 9.17) is 0 Å². The van der Waals surface area contributed by atoms with Crippen LogP contribution in [0.2, 0.25) is 0 Å². The van der Waals surface area contributed by atoms with Gasteiger partial charge in [-0.15, -0.1) is 11.3 Å². The third-order valence-corrected chi connectivity index (χ3v) is 2.64. The molecule has 14 heavy (non-hydrogen) atoms. The van der Waals surface area contributed by atoms with Gasteiger partial charge in [0.15, 0.2) is 0 Å². The second-order valence-electron chi connectivity index (χ2n) is 2.71. The van der Waals surface area contributed by atoms with Crippen molar-refractivity contribution in [1.29, 1.82) is 0 Å². The van der Waals surface area contributed by atoms with Crippen LogP contribution < -0.4 is 10.9 Å². The van der Waals surface area contributed by atoms with Crippen molar-refractivity contribution >= 4 is 17.3 Å². The van der Waals surface area contributed by atoms with Gasteiger partial charge in [-0.1, -0.05) is 6.07 Å². The highest BCUT2D eigenvalue weighted by Crippen LogP contribution is 2.21. The Kier molecular flexibility index (Phi) is 2.32. The van der Waals surface area contributed by atoms with Gasteiger partial charge in [0, 0.05) is 13.1 Å². The van der Waals surface area contributed by atoms with E-state index < -0.39 is 0 Å². The van der Waals surface area contributed by atoms with E-state index in [1.54, 1.807) is 18.4 Å². The van der Waals surface area contributed by atoms with Crippen LogP contribution in [-0.4, -0.2) is 17.0 Å². The number of hydrogen-bond acceptors (Lipinski definition) is 4. The lowest BCUT2D eigenvalue weighted by Crippen LogP contribution is -2.10. The minimum atomic E-state index is -0.146. The average Bonchev–Trinajstić information content (AvgIpc) is 2.69. The SMILES string of the molecule is CNc1nc(-c2cccs2)cc(=O)[nH]1. The predicted molar refractivity (Wildman–Crippen MR) is 57.7 cm³/mol. The summed E-state index contributed by atoms with van der Waals surface area (Å²) in [5.74, 6) is 0.487. The monoisotopic (exact) mass is 207 g/mol. The topological polar surface area (TPSA) is 57.8 Å². The number of anilines is 1. The molecule has 0 bridgehead atoms. The van der Waals surface area contributed by atoms with Crippen molar-refractivity contribution in [1.82, 2.24) is 9.97 Å². The first-order chi connectivity index (χ1) is 6.79.